The van der Waals surface area contributed by atoms with Crippen molar-refractivity contribution in [2.45, 2.75) is 32.2 Å². The fourth-order valence-electron chi connectivity index (χ4n) is 2.79. The molecule has 1 aromatic rings. The van der Waals surface area contributed by atoms with E-state index in [-0.39, 0.29) is 23.8 Å². The summed E-state index contributed by atoms with van der Waals surface area (Å²) in [5.74, 6) is 0.967. The molecule has 0 aromatic carbocycles. The van der Waals surface area contributed by atoms with Gasteiger partial charge in [0, 0.05) is 25.0 Å². The van der Waals surface area contributed by atoms with Crippen LogP contribution in [0.1, 0.15) is 36.5 Å². The molecule has 5 heteroatoms. The molecule has 2 atom stereocenters. The monoisotopic (exact) mass is 276 g/mol. The Morgan fingerprint density at radius 3 is 2.60 bits per heavy atom. The van der Waals surface area contributed by atoms with Crippen LogP contribution in [0.25, 0.3) is 0 Å². The van der Waals surface area contributed by atoms with Gasteiger partial charge in [-0.25, -0.2) is 0 Å². The fraction of sp³-hybridized carbons (Fsp3) is 0.600. The van der Waals surface area contributed by atoms with Crippen LogP contribution in [0.2, 0.25) is 0 Å². The molecule has 2 unspecified atom stereocenters. The first-order valence-electron chi connectivity index (χ1n) is 7.27. The minimum atomic E-state index is 0.0133. The van der Waals surface area contributed by atoms with Gasteiger partial charge in [-0.1, -0.05) is 6.92 Å². The Bertz CT molecular complexity index is 489. The van der Waals surface area contributed by atoms with Gasteiger partial charge in [-0.3, -0.25) is 9.59 Å². The maximum atomic E-state index is 12.1. The Balaban J connectivity index is 1.47. The minimum absolute atomic E-state index is 0.0133. The molecule has 2 fully saturated rings. The number of carbonyl (C=O) groups excluding carboxylic acids is 2. The molecule has 20 heavy (non-hydrogen) atoms. The Morgan fingerprint density at radius 1 is 1.35 bits per heavy atom. The zero-order chi connectivity index (χ0) is 14.1. The Morgan fingerprint density at radius 2 is 2.05 bits per heavy atom. The molecule has 0 bridgehead atoms. The smallest absolute Gasteiger partial charge is 0.257 e. The van der Waals surface area contributed by atoms with Gasteiger partial charge in [-0.15, -0.1) is 0 Å². The Hall–Kier alpha value is -1.78. The zero-order valence-electron chi connectivity index (χ0n) is 11.7. The maximum absolute atomic E-state index is 12.1. The van der Waals surface area contributed by atoms with Crippen molar-refractivity contribution < 1.29 is 14.0 Å². The molecule has 0 radical (unpaired) electrons. The van der Waals surface area contributed by atoms with Crippen molar-refractivity contribution in [2.75, 3.05) is 13.1 Å². The third-order valence-corrected chi connectivity index (χ3v) is 4.34. The van der Waals surface area contributed by atoms with E-state index in [4.69, 9.17) is 4.42 Å². The number of nitrogens with zero attached hydrogens (tertiary/aromatic N) is 1. The Labute approximate surface area is 118 Å². The molecule has 0 spiro atoms. The zero-order valence-corrected chi connectivity index (χ0v) is 11.7. The molecule has 1 saturated carbocycles. The van der Waals surface area contributed by atoms with Crippen molar-refractivity contribution in [3.05, 3.63) is 24.2 Å². The molecule has 1 aromatic heterocycles. The SMILES string of the molecule is CC1CC1C(=O)NC1CCN(C(=O)c2ccoc2)CC1. The average molecular weight is 276 g/mol. The molecule has 1 N–H and O–H groups in total. The lowest BCUT2D eigenvalue weighted by Gasteiger charge is -2.32. The van der Waals surface area contributed by atoms with Gasteiger partial charge in [0.1, 0.15) is 6.26 Å². The van der Waals surface area contributed by atoms with Crippen molar-refractivity contribution in [3.63, 3.8) is 0 Å². The van der Waals surface area contributed by atoms with Gasteiger partial charge in [0.05, 0.1) is 11.8 Å². The lowest BCUT2D eigenvalue weighted by molar-refractivity contribution is -0.123. The number of furan rings is 1. The van der Waals surface area contributed by atoms with Crippen LogP contribution in [0, 0.1) is 11.8 Å². The number of likely N-dealkylation sites (tertiary alicyclic amines) is 1. The van der Waals surface area contributed by atoms with Crippen LogP contribution < -0.4 is 5.32 Å². The predicted octanol–water partition coefficient (Wildman–Crippen LogP) is 1.66. The second-order valence-electron chi connectivity index (χ2n) is 5.91. The molecular formula is C15H20N2O3. The minimum Gasteiger partial charge on any atom is -0.472 e. The summed E-state index contributed by atoms with van der Waals surface area (Å²) in [6.45, 7) is 3.49. The summed E-state index contributed by atoms with van der Waals surface area (Å²) in [6.07, 6.45) is 5.66. The van der Waals surface area contributed by atoms with E-state index in [0.717, 1.165) is 19.3 Å². The number of hydrogen-bond donors (Lipinski definition) is 1. The summed E-state index contributed by atoms with van der Waals surface area (Å²) >= 11 is 0. The van der Waals surface area contributed by atoms with E-state index in [0.29, 0.717) is 24.6 Å². The first-order valence-corrected chi connectivity index (χ1v) is 7.27. The molecule has 1 aliphatic carbocycles. The predicted molar refractivity (Wildman–Crippen MR) is 73.0 cm³/mol. The van der Waals surface area contributed by atoms with E-state index in [2.05, 4.69) is 12.2 Å². The third-order valence-electron chi connectivity index (χ3n) is 4.34. The van der Waals surface area contributed by atoms with E-state index in [9.17, 15) is 9.59 Å². The second-order valence-corrected chi connectivity index (χ2v) is 5.91. The van der Waals surface area contributed by atoms with Gasteiger partial charge in [-0.2, -0.15) is 0 Å². The summed E-state index contributed by atoms with van der Waals surface area (Å²) in [6, 6.07) is 1.90. The summed E-state index contributed by atoms with van der Waals surface area (Å²) in [5, 5.41) is 3.11. The number of carbonyl (C=O) groups is 2. The van der Waals surface area contributed by atoms with Gasteiger partial charge in [0.15, 0.2) is 0 Å². The van der Waals surface area contributed by atoms with Crippen LogP contribution in [0.3, 0.4) is 0 Å². The molecule has 2 heterocycles. The number of amides is 2. The molecule has 2 amide bonds. The number of hydrogen-bond acceptors (Lipinski definition) is 3. The standard InChI is InChI=1S/C15H20N2O3/c1-10-8-13(10)14(18)16-12-2-5-17(6-3-12)15(19)11-4-7-20-9-11/h4,7,9-10,12-13H,2-3,5-6,8H2,1H3,(H,16,18). The lowest BCUT2D eigenvalue weighted by atomic mass is 10.0. The van der Waals surface area contributed by atoms with Gasteiger partial charge in [0.25, 0.3) is 5.91 Å². The highest BCUT2D eigenvalue weighted by atomic mass is 16.3. The highest BCUT2D eigenvalue weighted by Gasteiger charge is 2.40. The van der Waals surface area contributed by atoms with Crippen molar-refractivity contribution in [2.24, 2.45) is 11.8 Å². The highest BCUT2D eigenvalue weighted by Crippen LogP contribution is 2.37. The molecule has 5 nitrogen and oxygen atoms in total. The first-order chi connectivity index (χ1) is 9.65. The van der Waals surface area contributed by atoms with Crippen molar-refractivity contribution in [3.8, 4) is 0 Å². The van der Waals surface area contributed by atoms with Crippen molar-refractivity contribution in [1.82, 2.24) is 10.2 Å². The fourth-order valence-corrected chi connectivity index (χ4v) is 2.79. The van der Waals surface area contributed by atoms with E-state index in [1.807, 2.05) is 4.90 Å². The summed E-state index contributed by atoms with van der Waals surface area (Å²) < 4.78 is 4.94. The van der Waals surface area contributed by atoms with E-state index >= 15 is 0 Å². The van der Waals surface area contributed by atoms with Gasteiger partial charge in [0.2, 0.25) is 5.91 Å². The van der Waals surface area contributed by atoms with E-state index in [1.54, 1.807) is 6.07 Å². The molecule has 3 rings (SSSR count). The second kappa shape index (κ2) is 5.31. The maximum Gasteiger partial charge on any atom is 0.257 e. The summed E-state index contributed by atoms with van der Waals surface area (Å²) in [4.78, 5) is 25.8. The van der Waals surface area contributed by atoms with Crippen LogP contribution in [0.5, 0.6) is 0 Å². The highest BCUT2D eigenvalue weighted by molar-refractivity contribution is 5.93. The van der Waals surface area contributed by atoms with Crippen LogP contribution in [0.4, 0.5) is 0 Å². The summed E-state index contributed by atoms with van der Waals surface area (Å²) in [5.41, 5.74) is 0.597. The molecule has 1 saturated heterocycles. The van der Waals surface area contributed by atoms with Gasteiger partial charge < -0.3 is 14.6 Å². The number of piperidine rings is 1. The molecule has 2 aliphatic rings. The topological polar surface area (TPSA) is 62.6 Å². The molecular weight excluding hydrogens is 256 g/mol. The van der Waals surface area contributed by atoms with Crippen LogP contribution in [-0.4, -0.2) is 35.8 Å². The van der Waals surface area contributed by atoms with E-state index in [1.165, 1.54) is 12.5 Å². The van der Waals surface area contributed by atoms with Crippen LogP contribution in [-0.2, 0) is 4.79 Å². The normalized spacial score (nSPS) is 26.4. The summed E-state index contributed by atoms with van der Waals surface area (Å²) in [7, 11) is 0. The number of rotatable bonds is 3. The first kappa shape index (κ1) is 13.2. The van der Waals surface area contributed by atoms with Crippen LogP contribution in [0.15, 0.2) is 23.0 Å². The van der Waals surface area contributed by atoms with Crippen molar-refractivity contribution >= 4 is 11.8 Å². The molecule has 108 valence electrons. The van der Waals surface area contributed by atoms with Crippen LogP contribution >= 0.6 is 0 Å². The molecule has 1 aliphatic heterocycles. The van der Waals surface area contributed by atoms with Crippen molar-refractivity contribution in [1.29, 1.82) is 0 Å². The number of nitrogens with one attached hydrogen (secondary N) is 1. The average Bonchev–Trinajstić information content (AvgIpc) is 2.97. The van der Waals surface area contributed by atoms with Gasteiger partial charge >= 0.3 is 0 Å². The Kier molecular flexibility index (Phi) is 3.51. The lowest BCUT2D eigenvalue weighted by Crippen LogP contribution is -2.47. The quantitative estimate of drug-likeness (QED) is 0.913. The largest absolute Gasteiger partial charge is 0.472 e. The van der Waals surface area contributed by atoms with E-state index < -0.39 is 0 Å². The van der Waals surface area contributed by atoms with Gasteiger partial charge in [-0.05, 0) is 31.2 Å². The third kappa shape index (κ3) is 2.71.